The number of carbonyl (C=O) groups is 1. The van der Waals surface area contributed by atoms with Crippen LogP contribution >= 0.6 is 0 Å². The largest absolute Gasteiger partial charge is 0.479 e. The van der Waals surface area contributed by atoms with E-state index in [4.69, 9.17) is 4.74 Å². The number of ether oxygens (including phenoxy) is 1. The summed E-state index contributed by atoms with van der Waals surface area (Å²) < 4.78 is 6.70. The van der Waals surface area contributed by atoms with Crippen LogP contribution in [0.15, 0.2) is 12.4 Å². The molecule has 140 valence electrons. The minimum Gasteiger partial charge on any atom is -0.479 e. The second-order valence-electron chi connectivity index (χ2n) is 6.53. The molecule has 1 fully saturated rings. The number of piperidine rings is 1. The fraction of sp³-hybridized carbons (Fsp3) is 0.529. The van der Waals surface area contributed by atoms with Crippen LogP contribution in [-0.2, 0) is 7.05 Å². The van der Waals surface area contributed by atoms with Crippen LogP contribution in [-0.4, -0.2) is 60.0 Å². The minimum absolute atomic E-state index is 0.280. The Kier molecular flexibility index (Phi) is 5.24. The fourth-order valence-corrected chi connectivity index (χ4v) is 3.00. The molecule has 9 nitrogen and oxygen atoms in total. The summed E-state index contributed by atoms with van der Waals surface area (Å²) in [4.78, 5) is 25.8. The van der Waals surface area contributed by atoms with Crippen molar-refractivity contribution in [3.63, 3.8) is 0 Å². The number of aromatic nitrogens is 4. The van der Waals surface area contributed by atoms with E-state index in [0.29, 0.717) is 23.0 Å². The van der Waals surface area contributed by atoms with Crippen molar-refractivity contribution in [2.24, 2.45) is 7.05 Å². The van der Waals surface area contributed by atoms with E-state index in [0.717, 1.165) is 25.9 Å². The molecule has 0 radical (unpaired) electrons. The minimum atomic E-state index is -0.313. The van der Waals surface area contributed by atoms with Gasteiger partial charge in [0.05, 0.1) is 13.3 Å². The highest BCUT2D eigenvalue weighted by molar-refractivity contribution is 6.07. The Labute approximate surface area is 153 Å². The number of hydrogen-bond acceptors (Lipinski definition) is 7. The number of carbonyl (C=O) groups excluding carboxylic acids is 1. The zero-order valence-electron chi connectivity index (χ0n) is 15.7. The highest BCUT2D eigenvalue weighted by atomic mass is 16.5. The summed E-state index contributed by atoms with van der Waals surface area (Å²) in [6.07, 6.45) is 6.83. The number of methoxy groups -OCH3 is 1. The maximum absolute atomic E-state index is 12.6. The molecule has 0 aromatic carbocycles. The molecule has 1 aliphatic rings. The van der Waals surface area contributed by atoms with Gasteiger partial charge in [-0.3, -0.25) is 9.48 Å². The molecule has 0 aliphatic carbocycles. The Morgan fingerprint density at radius 2 is 2.00 bits per heavy atom. The van der Waals surface area contributed by atoms with E-state index >= 15 is 0 Å². The van der Waals surface area contributed by atoms with E-state index in [1.165, 1.54) is 18.2 Å². The van der Waals surface area contributed by atoms with Crippen molar-refractivity contribution in [3.8, 4) is 5.88 Å². The number of anilines is 3. The topological polar surface area (TPSA) is 88.4 Å². The molecular weight excluding hydrogens is 334 g/mol. The molecule has 0 spiro atoms. The molecule has 2 aromatic rings. The first-order valence-electron chi connectivity index (χ1n) is 8.68. The van der Waals surface area contributed by atoms with Crippen molar-refractivity contribution in [3.05, 3.63) is 18.0 Å². The Hall–Kier alpha value is -2.84. The molecule has 9 heteroatoms. The van der Waals surface area contributed by atoms with Crippen LogP contribution in [0, 0.1) is 0 Å². The molecule has 0 bridgehead atoms. The average molecular weight is 359 g/mol. The molecule has 3 heterocycles. The van der Waals surface area contributed by atoms with Gasteiger partial charge in [-0.1, -0.05) is 0 Å². The Morgan fingerprint density at radius 3 is 2.65 bits per heavy atom. The van der Waals surface area contributed by atoms with E-state index in [1.54, 1.807) is 19.4 Å². The van der Waals surface area contributed by atoms with Crippen LogP contribution in [0.4, 0.5) is 17.5 Å². The van der Waals surface area contributed by atoms with Gasteiger partial charge in [-0.2, -0.15) is 4.98 Å². The summed E-state index contributed by atoms with van der Waals surface area (Å²) in [5.74, 6) is 1.33. The van der Waals surface area contributed by atoms with Gasteiger partial charge >= 0.3 is 0 Å². The second kappa shape index (κ2) is 7.59. The van der Waals surface area contributed by atoms with E-state index in [2.05, 4.69) is 25.3 Å². The van der Waals surface area contributed by atoms with E-state index in [9.17, 15) is 4.79 Å². The lowest BCUT2D eigenvalue weighted by Crippen LogP contribution is -2.31. The first kappa shape index (κ1) is 18.0. The van der Waals surface area contributed by atoms with Crippen LogP contribution in [0.5, 0.6) is 5.88 Å². The third-order valence-corrected chi connectivity index (χ3v) is 4.30. The average Bonchev–Trinajstić information content (AvgIpc) is 3.03. The Bertz CT molecular complexity index is 781. The van der Waals surface area contributed by atoms with Crippen LogP contribution in [0.3, 0.4) is 0 Å². The summed E-state index contributed by atoms with van der Waals surface area (Å²) in [6.45, 7) is 1.93. The number of amides is 1. The van der Waals surface area contributed by atoms with Gasteiger partial charge in [0.15, 0.2) is 5.82 Å². The number of nitrogens with one attached hydrogen (secondary N) is 1. The van der Waals surface area contributed by atoms with Crippen molar-refractivity contribution in [2.45, 2.75) is 19.3 Å². The van der Waals surface area contributed by atoms with Crippen molar-refractivity contribution >= 4 is 23.4 Å². The number of rotatable bonds is 5. The van der Waals surface area contributed by atoms with Gasteiger partial charge in [0.2, 0.25) is 11.8 Å². The number of hydrogen-bond donors (Lipinski definition) is 1. The highest BCUT2D eigenvalue weighted by Crippen LogP contribution is 2.26. The normalized spacial score (nSPS) is 14.2. The molecule has 1 saturated heterocycles. The predicted molar refractivity (Wildman–Crippen MR) is 100 cm³/mol. The quantitative estimate of drug-likeness (QED) is 0.866. The van der Waals surface area contributed by atoms with Crippen molar-refractivity contribution in [1.29, 1.82) is 0 Å². The van der Waals surface area contributed by atoms with Crippen LogP contribution < -0.4 is 19.9 Å². The lowest BCUT2D eigenvalue weighted by atomic mass is 10.1. The second-order valence-corrected chi connectivity index (χ2v) is 6.53. The Morgan fingerprint density at radius 1 is 1.27 bits per heavy atom. The standard InChI is InChI=1S/C17H25N7O2/c1-22(2)14-13(10-18-17(20-14)24-8-6-5-7-9-24)19-15(25)12-11-23(3)21-16(12)26-4/h10-11H,5-9H2,1-4H3,(H,19,25). The SMILES string of the molecule is COc1nn(C)cc1C(=O)Nc1cnc(N2CCCCC2)nc1N(C)C. The van der Waals surface area contributed by atoms with Crippen LogP contribution in [0.2, 0.25) is 0 Å². The fourth-order valence-electron chi connectivity index (χ4n) is 3.00. The summed E-state index contributed by atoms with van der Waals surface area (Å²) in [6, 6.07) is 0. The molecule has 2 aromatic heterocycles. The maximum Gasteiger partial charge on any atom is 0.262 e. The third-order valence-electron chi connectivity index (χ3n) is 4.30. The molecule has 1 aliphatic heterocycles. The van der Waals surface area contributed by atoms with Gasteiger partial charge in [0, 0.05) is 40.4 Å². The zero-order valence-corrected chi connectivity index (χ0v) is 15.7. The molecule has 26 heavy (non-hydrogen) atoms. The van der Waals surface area contributed by atoms with E-state index in [-0.39, 0.29) is 11.8 Å². The van der Waals surface area contributed by atoms with E-state index < -0.39 is 0 Å². The summed E-state index contributed by atoms with van der Waals surface area (Å²) >= 11 is 0. The van der Waals surface area contributed by atoms with Gasteiger partial charge < -0.3 is 19.9 Å². The van der Waals surface area contributed by atoms with Gasteiger partial charge in [-0.15, -0.1) is 5.10 Å². The molecule has 1 N–H and O–H groups in total. The van der Waals surface area contributed by atoms with Gasteiger partial charge in [0.1, 0.15) is 11.3 Å². The molecular formula is C17H25N7O2. The molecule has 3 rings (SSSR count). The summed E-state index contributed by atoms with van der Waals surface area (Å²) in [5.41, 5.74) is 0.909. The molecule has 0 saturated carbocycles. The van der Waals surface area contributed by atoms with Crippen LogP contribution in [0.25, 0.3) is 0 Å². The van der Waals surface area contributed by atoms with Gasteiger partial charge in [-0.25, -0.2) is 4.98 Å². The third kappa shape index (κ3) is 3.71. The van der Waals surface area contributed by atoms with Gasteiger partial charge in [-0.05, 0) is 19.3 Å². The molecule has 1 amide bonds. The summed E-state index contributed by atoms with van der Waals surface area (Å²) in [5, 5.41) is 6.98. The summed E-state index contributed by atoms with van der Waals surface area (Å²) in [7, 11) is 7.01. The highest BCUT2D eigenvalue weighted by Gasteiger charge is 2.21. The van der Waals surface area contributed by atoms with Crippen molar-refractivity contribution in [2.75, 3.05) is 49.4 Å². The van der Waals surface area contributed by atoms with E-state index in [1.807, 2.05) is 19.0 Å². The first-order valence-corrected chi connectivity index (χ1v) is 8.68. The smallest absolute Gasteiger partial charge is 0.262 e. The van der Waals surface area contributed by atoms with Gasteiger partial charge in [0.25, 0.3) is 5.91 Å². The zero-order chi connectivity index (χ0) is 18.7. The predicted octanol–water partition coefficient (Wildman–Crippen LogP) is 1.53. The molecule has 0 unspecified atom stereocenters. The molecule has 0 atom stereocenters. The lowest BCUT2D eigenvalue weighted by molar-refractivity contribution is 0.102. The Balaban J connectivity index is 1.85. The monoisotopic (exact) mass is 359 g/mol. The number of aryl methyl sites for hydroxylation is 1. The maximum atomic E-state index is 12.6. The number of nitrogens with zero attached hydrogens (tertiary/aromatic N) is 6. The van der Waals surface area contributed by atoms with Crippen molar-refractivity contribution in [1.82, 2.24) is 19.7 Å². The first-order chi connectivity index (χ1) is 12.5. The van der Waals surface area contributed by atoms with Crippen molar-refractivity contribution < 1.29 is 9.53 Å². The van der Waals surface area contributed by atoms with Crippen LogP contribution in [0.1, 0.15) is 29.6 Å². The lowest BCUT2D eigenvalue weighted by Gasteiger charge is -2.28.